The van der Waals surface area contributed by atoms with Crippen molar-refractivity contribution >= 4 is 35.4 Å². The normalized spacial score (nSPS) is 13.9. The molecule has 0 bridgehead atoms. The zero-order chi connectivity index (χ0) is 23.3. The van der Waals surface area contributed by atoms with Crippen molar-refractivity contribution in [3.8, 4) is 17.2 Å². The number of carbonyl (C=O) groups is 3. The number of amides is 2. The Bertz CT molecular complexity index is 1100. The van der Waals surface area contributed by atoms with Crippen LogP contribution in [0.5, 0.6) is 17.2 Å². The molecule has 1 heterocycles. The molecule has 0 saturated carbocycles. The van der Waals surface area contributed by atoms with E-state index in [1.54, 1.807) is 36.4 Å². The van der Waals surface area contributed by atoms with E-state index in [1.165, 1.54) is 27.2 Å². The van der Waals surface area contributed by atoms with Crippen LogP contribution in [0.2, 0.25) is 0 Å². The number of ether oxygens (including phenoxy) is 4. The number of hydrogen-bond acceptors (Lipinski definition) is 8. The lowest BCUT2D eigenvalue weighted by Gasteiger charge is -2.14. The number of nitrogens with zero attached hydrogens (tertiary/aromatic N) is 1. The van der Waals surface area contributed by atoms with Crippen molar-refractivity contribution in [2.75, 3.05) is 26.1 Å². The van der Waals surface area contributed by atoms with E-state index in [4.69, 9.17) is 24.7 Å². The first-order chi connectivity index (χ1) is 15.3. The summed E-state index contributed by atoms with van der Waals surface area (Å²) in [4.78, 5) is 38.8. The molecule has 2 aromatic carbocycles. The first-order valence-electron chi connectivity index (χ1n) is 9.38. The van der Waals surface area contributed by atoms with Crippen molar-refractivity contribution < 1.29 is 33.3 Å². The number of carbonyl (C=O) groups excluding carboxylic acids is 3. The van der Waals surface area contributed by atoms with Crippen LogP contribution in [0.3, 0.4) is 0 Å². The molecule has 2 aromatic rings. The van der Waals surface area contributed by atoms with Gasteiger partial charge in [-0.2, -0.15) is 0 Å². The molecule has 166 valence electrons. The van der Waals surface area contributed by atoms with Crippen LogP contribution in [0.25, 0.3) is 6.08 Å². The molecule has 0 spiro atoms. The van der Waals surface area contributed by atoms with Crippen molar-refractivity contribution in [2.45, 2.75) is 6.92 Å². The van der Waals surface area contributed by atoms with E-state index >= 15 is 0 Å². The third-order valence-electron chi connectivity index (χ3n) is 4.22. The molecule has 0 unspecified atom stereocenters. The predicted molar refractivity (Wildman–Crippen MR) is 116 cm³/mol. The van der Waals surface area contributed by atoms with Crippen molar-refractivity contribution in [1.82, 2.24) is 0 Å². The number of nitrogens with two attached hydrogens (primary N) is 1. The molecule has 1 aliphatic heterocycles. The van der Waals surface area contributed by atoms with Gasteiger partial charge in [0.2, 0.25) is 17.6 Å². The predicted octanol–water partition coefficient (Wildman–Crippen LogP) is 1.87. The number of hydrogen-bond donors (Lipinski definition) is 2. The largest absolute Gasteiger partial charge is 0.493 e. The van der Waals surface area contributed by atoms with Crippen LogP contribution in [-0.2, 0) is 19.1 Å². The second-order valence-corrected chi connectivity index (χ2v) is 6.60. The minimum Gasteiger partial charge on any atom is -0.493 e. The maximum atomic E-state index is 12.3. The molecular formula is C22H21N3O7. The highest BCUT2D eigenvalue weighted by atomic mass is 16.6. The van der Waals surface area contributed by atoms with Crippen LogP contribution < -0.4 is 25.3 Å². The summed E-state index contributed by atoms with van der Waals surface area (Å²) in [6.07, 6.45) is 1.50. The first kappa shape index (κ1) is 22.3. The van der Waals surface area contributed by atoms with E-state index in [-0.39, 0.29) is 41.4 Å². The summed E-state index contributed by atoms with van der Waals surface area (Å²) in [5.74, 6) is -0.573. The lowest BCUT2D eigenvalue weighted by atomic mass is 10.1. The summed E-state index contributed by atoms with van der Waals surface area (Å²) >= 11 is 0. The summed E-state index contributed by atoms with van der Waals surface area (Å²) in [6.45, 7) is 1.06. The van der Waals surface area contributed by atoms with Gasteiger partial charge in [0, 0.05) is 18.2 Å². The van der Waals surface area contributed by atoms with Crippen LogP contribution in [0.4, 0.5) is 5.69 Å². The lowest BCUT2D eigenvalue weighted by Crippen LogP contribution is -2.20. The van der Waals surface area contributed by atoms with Gasteiger partial charge in [0.05, 0.1) is 14.2 Å². The van der Waals surface area contributed by atoms with Crippen LogP contribution in [0.15, 0.2) is 47.1 Å². The monoisotopic (exact) mass is 439 g/mol. The highest BCUT2D eigenvalue weighted by Gasteiger charge is 2.25. The van der Waals surface area contributed by atoms with Gasteiger partial charge >= 0.3 is 5.97 Å². The Hall–Kier alpha value is -4.34. The molecular weight excluding hydrogens is 418 g/mol. The molecule has 0 saturated heterocycles. The van der Waals surface area contributed by atoms with E-state index in [0.717, 1.165) is 0 Å². The third-order valence-corrected chi connectivity index (χ3v) is 4.22. The fourth-order valence-corrected chi connectivity index (χ4v) is 2.86. The Kier molecular flexibility index (Phi) is 6.74. The molecule has 10 nitrogen and oxygen atoms in total. The Morgan fingerprint density at radius 3 is 2.28 bits per heavy atom. The van der Waals surface area contributed by atoms with Crippen LogP contribution in [0.1, 0.15) is 18.1 Å². The van der Waals surface area contributed by atoms with E-state index in [9.17, 15) is 14.4 Å². The first-order valence-corrected chi connectivity index (χ1v) is 9.38. The second-order valence-electron chi connectivity index (χ2n) is 6.60. The van der Waals surface area contributed by atoms with Gasteiger partial charge in [-0.3, -0.25) is 9.59 Å². The number of nitrogens with one attached hydrogen (secondary N) is 1. The highest BCUT2D eigenvalue weighted by molar-refractivity contribution is 6.13. The van der Waals surface area contributed by atoms with Gasteiger partial charge in [-0.25, -0.2) is 9.79 Å². The zero-order valence-electron chi connectivity index (χ0n) is 17.6. The molecule has 0 radical (unpaired) electrons. The summed E-state index contributed by atoms with van der Waals surface area (Å²) in [5, 5.41) is 2.66. The van der Waals surface area contributed by atoms with Gasteiger partial charge in [0.15, 0.2) is 23.8 Å². The van der Waals surface area contributed by atoms with Crippen molar-refractivity contribution in [1.29, 1.82) is 0 Å². The van der Waals surface area contributed by atoms with E-state index < -0.39 is 11.9 Å². The van der Waals surface area contributed by atoms with Gasteiger partial charge in [-0.15, -0.1) is 0 Å². The maximum Gasteiger partial charge on any atom is 0.363 e. The summed E-state index contributed by atoms with van der Waals surface area (Å²) in [5.41, 5.74) is 6.91. The van der Waals surface area contributed by atoms with Gasteiger partial charge in [0.1, 0.15) is 0 Å². The summed E-state index contributed by atoms with van der Waals surface area (Å²) in [7, 11) is 2.85. The lowest BCUT2D eigenvalue weighted by molar-refractivity contribution is -0.130. The minimum atomic E-state index is -0.652. The minimum absolute atomic E-state index is 0.0702. The topological polar surface area (TPSA) is 139 Å². The maximum absolute atomic E-state index is 12.3. The van der Waals surface area contributed by atoms with E-state index in [2.05, 4.69) is 10.3 Å². The fourth-order valence-electron chi connectivity index (χ4n) is 2.86. The van der Waals surface area contributed by atoms with Crippen molar-refractivity contribution in [3.05, 3.63) is 53.2 Å². The Morgan fingerprint density at radius 2 is 1.75 bits per heavy atom. The fraction of sp³-hybridized carbons (Fsp3) is 0.182. The van der Waals surface area contributed by atoms with Crippen LogP contribution in [0, 0.1) is 0 Å². The number of esters is 1. The number of benzene rings is 2. The van der Waals surface area contributed by atoms with Crippen LogP contribution >= 0.6 is 0 Å². The van der Waals surface area contributed by atoms with Gasteiger partial charge in [0.25, 0.3) is 5.91 Å². The zero-order valence-corrected chi connectivity index (χ0v) is 17.6. The molecule has 3 N–H and O–H groups in total. The highest BCUT2D eigenvalue weighted by Crippen LogP contribution is 2.39. The molecule has 1 aliphatic rings. The number of anilines is 1. The van der Waals surface area contributed by atoms with Gasteiger partial charge < -0.3 is 30.0 Å². The second kappa shape index (κ2) is 9.65. The van der Waals surface area contributed by atoms with Crippen LogP contribution in [-0.4, -0.2) is 44.5 Å². The molecule has 32 heavy (non-hydrogen) atoms. The molecule has 10 heteroatoms. The number of primary amides is 1. The van der Waals surface area contributed by atoms with E-state index in [0.29, 0.717) is 16.8 Å². The Morgan fingerprint density at radius 1 is 1.12 bits per heavy atom. The van der Waals surface area contributed by atoms with Crippen molar-refractivity contribution in [3.63, 3.8) is 0 Å². The molecule has 3 rings (SSSR count). The smallest absolute Gasteiger partial charge is 0.363 e. The van der Waals surface area contributed by atoms with Gasteiger partial charge in [-0.05, 0) is 48.0 Å². The number of cyclic esters (lactones) is 1. The Balaban J connectivity index is 1.90. The number of methoxy groups -OCH3 is 2. The quantitative estimate of drug-likeness (QED) is 0.473. The Labute approximate surface area is 183 Å². The standard InChI is InChI=1S/C22H21N3O7/c1-12(26)24-15-6-4-14(5-7-15)21-25-16(22(28)32-21)8-13-9-17(29-2)20(18(10-13)30-3)31-11-19(23)27/h4-10H,11H2,1-3H3,(H2,23,27)(H,24,26)/b16-8-. The SMILES string of the molecule is COc1cc(/C=C2\N=C(c3ccc(NC(C)=O)cc3)OC2=O)cc(OC)c1OCC(N)=O. The molecule has 0 aromatic heterocycles. The molecule has 2 amide bonds. The molecule has 0 aliphatic carbocycles. The number of rotatable bonds is 8. The van der Waals surface area contributed by atoms with Crippen molar-refractivity contribution in [2.24, 2.45) is 10.7 Å². The third kappa shape index (κ3) is 5.22. The average Bonchev–Trinajstić information content (AvgIpc) is 3.12. The molecule has 0 atom stereocenters. The van der Waals surface area contributed by atoms with Gasteiger partial charge in [-0.1, -0.05) is 0 Å². The molecule has 0 fully saturated rings. The summed E-state index contributed by atoms with van der Waals surface area (Å²) in [6, 6.07) is 9.89. The average molecular weight is 439 g/mol. The summed E-state index contributed by atoms with van der Waals surface area (Å²) < 4.78 is 21.3. The number of aliphatic imine (C=N–C) groups is 1. The van der Waals surface area contributed by atoms with E-state index in [1.807, 2.05) is 0 Å².